The van der Waals surface area contributed by atoms with Crippen LogP contribution in [0.3, 0.4) is 0 Å². The third-order valence-electron chi connectivity index (χ3n) is 3.75. The smallest absolute Gasteiger partial charge is 0.257 e. The second kappa shape index (κ2) is 4.68. The number of nitrogens with two attached hydrogens (primary N) is 1. The van der Waals surface area contributed by atoms with Gasteiger partial charge in [0.2, 0.25) is 0 Å². The number of nitrogens with zero attached hydrogens (tertiary/aromatic N) is 2. The number of H-pyrrole nitrogens is 1. The summed E-state index contributed by atoms with van der Waals surface area (Å²) in [6, 6.07) is 7.88. The van der Waals surface area contributed by atoms with Gasteiger partial charge in [-0.3, -0.25) is 10.6 Å². The summed E-state index contributed by atoms with van der Waals surface area (Å²) in [6.07, 6.45) is 0. The zero-order chi connectivity index (χ0) is 13.4. The van der Waals surface area contributed by atoms with Crippen molar-refractivity contribution in [1.29, 1.82) is 0 Å². The lowest BCUT2D eigenvalue weighted by molar-refractivity contribution is 0.265. The Kier molecular flexibility index (Phi) is 3.00. The molecule has 2 aromatic rings. The van der Waals surface area contributed by atoms with Crippen LogP contribution in [0.25, 0.3) is 10.8 Å². The summed E-state index contributed by atoms with van der Waals surface area (Å²) in [7, 11) is 0. The van der Waals surface area contributed by atoms with Crippen LogP contribution in [-0.2, 0) is 0 Å². The van der Waals surface area contributed by atoms with Crippen LogP contribution < -0.4 is 16.3 Å². The minimum absolute atomic E-state index is 0.0219. The van der Waals surface area contributed by atoms with E-state index in [-0.39, 0.29) is 5.56 Å². The van der Waals surface area contributed by atoms with Crippen LogP contribution >= 0.6 is 0 Å². The number of anilines is 1. The van der Waals surface area contributed by atoms with Crippen molar-refractivity contribution >= 4 is 16.6 Å². The molecule has 0 bridgehead atoms. The van der Waals surface area contributed by atoms with Crippen LogP contribution in [0.2, 0.25) is 0 Å². The highest BCUT2D eigenvalue weighted by Crippen LogP contribution is 2.20. The predicted octanol–water partition coefficient (Wildman–Crippen LogP) is 0.832. The average Bonchev–Trinajstić information content (AvgIpc) is 2.41. The molecule has 0 aliphatic carbocycles. The fourth-order valence-electron chi connectivity index (χ4n) is 2.56. The van der Waals surface area contributed by atoms with E-state index in [9.17, 15) is 4.79 Å². The first-order chi connectivity index (χ1) is 9.15. The maximum absolute atomic E-state index is 12.1. The maximum atomic E-state index is 12.1. The number of benzene rings is 1. The highest BCUT2D eigenvalue weighted by Gasteiger charge is 2.16. The molecule has 0 saturated carbocycles. The number of pyridine rings is 1. The highest BCUT2D eigenvalue weighted by atomic mass is 16.1. The molecule has 1 fully saturated rings. The van der Waals surface area contributed by atoms with Gasteiger partial charge >= 0.3 is 0 Å². The fraction of sp³-hybridized carbons (Fsp3) is 0.357. The Morgan fingerprint density at radius 2 is 1.89 bits per heavy atom. The molecule has 0 radical (unpaired) electrons. The zero-order valence-electron chi connectivity index (χ0n) is 11.0. The molecule has 0 unspecified atom stereocenters. The number of hydrazine groups is 1. The van der Waals surface area contributed by atoms with Crippen molar-refractivity contribution in [2.24, 2.45) is 5.84 Å². The number of fused-ring (bicyclic) bond motifs is 1. The molecule has 19 heavy (non-hydrogen) atoms. The van der Waals surface area contributed by atoms with Crippen LogP contribution in [0.4, 0.5) is 5.82 Å². The van der Waals surface area contributed by atoms with E-state index < -0.39 is 0 Å². The molecule has 0 atom stereocenters. The van der Waals surface area contributed by atoms with Gasteiger partial charge in [-0.1, -0.05) is 12.1 Å². The largest absolute Gasteiger partial charge is 0.355 e. The molecule has 1 aromatic heterocycles. The first-order valence-electron chi connectivity index (χ1n) is 6.52. The number of hydrogen-bond acceptors (Lipinski definition) is 4. The van der Waals surface area contributed by atoms with Crippen LogP contribution in [-0.4, -0.2) is 36.2 Å². The Morgan fingerprint density at radius 3 is 2.63 bits per heavy atom. The van der Waals surface area contributed by atoms with Crippen LogP contribution in [0.5, 0.6) is 0 Å². The third kappa shape index (κ3) is 2.22. The lowest BCUT2D eigenvalue weighted by Crippen LogP contribution is -2.49. The molecule has 5 nitrogen and oxygen atoms in total. The van der Waals surface area contributed by atoms with E-state index >= 15 is 0 Å². The van der Waals surface area contributed by atoms with Crippen molar-refractivity contribution in [1.82, 2.24) is 9.99 Å². The molecule has 0 spiro atoms. The molecular formula is C14H18N4O. The van der Waals surface area contributed by atoms with Gasteiger partial charge in [-0.05, 0) is 30.0 Å². The van der Waals surface area contributed by atoms with E-state index in [1.54, 1.807) is 5.01 Å². The Bertz CT molecular complexity index is 656. The van der Waals surface area contributed by atoms with Gasteiger partial charge in [0.05, 0.1) is 0 Å². The first-order valence-corrected chi connectivity index (χ1v) is 6.52. The fourth-order valence-corrected chi connectivity index (χ4v) is 2.56. The number of piperazine rings is 1. The number of hydrogen-bond donors (Lipinski definition) is 2. The second-order valence-corrected chi connectivity index (χ2v) is 5.04. The molecule has 5 heteroatoms. The van der Waals surface area contributed by atoms with Crippen molar-refractivity contribution in [3.05, 3.63) is 40.2 Å². The van der Waals surface area contributed by atoms with Gasteiger partial charge in [0, 0.05) is 31.6 Å². The van der Waals surface area contributed by atoms with Crippen molar-refractivity contribution < 1.29 is 0 Å². The molecule has 3 rings (SSSR count). The molecule has 1 aliphatic rings. The lowest BCUT2D eigenvalue weighted by atomic mass is 10.1. The lowest BCUT2D eigenvalue weighted by Gasteiger charge is -2.33. The SMILES string of the molecule is Cc1cccc2c(=O)[nH]c(N3CCN(N)CC3)cc12. The minimum atomic E-state index is -0.0219. The monoisotopic (exact) mass is 258 g/mol. The number of aryl methyl sites for hydroxylation is 1. The highest BCUT2D eigenvalue weighted by molar-refractivity contribution is 5.86. The minimum Gasteiger partial charge on any atom is -0.355 e. The maximum Gasteiger partial charge on any atom is 0.257 e. The van der Waals surface area contributed by atoms with Crippen molar-refractivity contribution in [2.45, 2.75) is 6.92 Å². The first kappa shape index (κ1) is 12.2. The topological polar surface area (TPSA) is 65.4 Å². The number of rotatable bonds is 1. The summed E-state index contributed by atoms with van der Waals surface area (Å²) in [4.78, 5) is 17.3. The van der Waals surface area contributed by atoms with E-state index in [0.29, 0.717) is 0 Å². The Balaban J connectivity index is 2.06. The summed E-state index contributed by atoms with van der Waals surface area (Å²) >= 11 is 0. The van der Waals surface area contributed by atoms with Gasteiger partial charge in [0.1, 0.15) is 5.82 Å². The molecule has 3 N–H and O–H groups in total. The molecule has 1 saturated heterocycles. The summed E-state index contributed by atoms with van der Waals surface area (Å²) < 4.78 is 0. The quantitative estimate of drug-likeness (QED) is 0.744. The van der Waals surface area contributed by atoms with Gasteiger partial charge in [-0.2, -0.15) is 0 Å². The van der Waals surface area contributed by atoms with E-state index in [2.05, 4.69) is 16.0 Å². The van der Waals surface area contributed by atoms with Gasteiger partial charge in [0.15, 0.2) is 0 Å². The van der Waals surface area contributed by atoms with E-state index in [4.69, 9.17) is 5.84 Å². The zero-order valence-corrected chi connectivity index (χ0v) is 11.0. The van der Waals surface area contributed by atoms with Crippen LogP contribution in [0, 0.1) is 6.92 Å². The van der Waals surface area contributed by atoms with Gasteiger partial charge < -0.3 is 9.88 Å². The normalized spacial score (nSPS) is 17.1. The van der Waals surface area contributed by atoms with E-state index in [1.807, 2.05) is 25.1 Å². The molecule has 0 amide bonds. The van der Waals surface area contributed by atoms with Crippen LogP contribution in [0.1, 0.15) is 5.56 Å². The summed E-state index contributed by atoms with van der Waals surface area (Å²) in [5, 5.41) is 3.58. The standard InChI is InChI=1S/C14H18N4O/c1-10-3-2-4-11-12(10)9-13(16-14(11)19)17-5-7-18(15)8-6-17/h2-4,9H,5-8,15H2,1H3,(H,16,19). The number of aromatic nitrogens is 1. The summed E-state index contributed by atoms with van der Waals surface area (Å²) in [5.41, 5.74) is 1.11. The van der Waals surface area contributed by atoms with E-state index in [1.165, 1.54) is 0 Å². The molecule has 1 aromatic carbocycles. The average molecular weight is 258 g/mol. The summed E-state index contributed by atoms with van der Waals surface area (Å²) in [6.45, 7) is 5.33. The number of aromatic amines is 1. The number of nitrogens with one attached hydrogen (secondary N) is 1. The van der Waals surface area contributed by atoms with Crippen LogP contribution in [0.15, 0.2) is 29.1 Å². The van der Waals surface area contributed by atoms with Crippen molar-refractivity contribution in [3.63, 3.8) is 0 Å². The predicted molar refractivity (Wildman–Crippen MR) is 77.3 cm³/mol. The molecule has 1 aliphatic heterocycles. The van der Waals surface area contributed by atoms with Gasteiger partial charge in [0.25, 0.3) is 5.56 Å². The van der Waals surface area contributed by atoms with Crippen molar-refractivity contribution in [2.75, 3.05) is 31.1 Å². The third-order valence-corrected chi connectivity index (χ3v) is 3.75. The van der Waals surface area contributed by atoms with Gasteiger partial charge in [-0.25, -0.2) is 5.01 Å². The Morgan fingerprint density at radius 1 is 1.16 bits per heavy atom. The Labute approximate surface area is 111 Å². The van der Waals surface area contributed by atoms with Gasteiger partial charge in [-0.15, -0.1) is 0 Å². The molecule has 2 heterocycles. The van der Waals surface area contributed by atoms with Crippen molar-refractivity contribution in [3.8, 4) is 0 Å². The Hall–Kier alpha value is -1.85. The second-order valence-electron chi connectivity index (χ2n) is 5.04. The summed E-state index contributed by atoms with van der Waals surface area (Å²) in [5.74, 6) is 6.64. The van der Waals surface area contributed by atoms with E-state index in [0.717, 1.165) is 48.3 Å². The molecular weight excluding hydrogens is 240 g/mol. The molecule has 100 valence electrons.